The topological polar surface area (TPSA) is 32.3 Å². The van der Waals surface area contributed by atoms with Crippen LogP contribution in [-0.2, 0) is 4.79 Å². The number of likely N-dealkylation sites (tertiary alicyclic amines) is 1. The van der Waals surface area contributed by atoms with Crippen LogP contribution >= 0.6 is 0 Å². The number of Topliss-reactive ketones (excluding diaryl/α,β-unsaturated/α-hetero) is 1. The summed E-state index contributed by atoms with van der Waals surface area (Å²) in [5, 5.41) is 3.36. The number of nitrogens with zero attached hydrogens (tertiary/aromatic N) is 1. The van der Waals surface area contributed by atoms with Gasteiger partial charge in [0.15, 0.2) is 0 Å². The lowest BCUT2D eigenvalue weighted by Gasteiger charge is -2.40. The number of nitrogens with one attached hydrogen (secondary N) is 1. The van der Waals surface area contributed by atoms with Crippen molar-refractivity contribution >= 4 is 5.78 Å². The molecule has 0 bridgehead atoms. The van der Waals surface area contributed by atoms with Crippen molar-refractivity contribution in [2.75, 3.05) is 32.7 Å². The Balaban J connectivity index is 2.18. The van der Waals surface area contributed by atoms with Gasteiger partial charge in [-0.15, -0.1) is 0 Å². The molecule has 80 valence electrons. The molecule has 2 saturated heterocycles. The van der Waals surface area contributed by atoms with Gasteiger partial charge in [0.25, 0.3) is 0 Å². The summed E-state index contributed by atoms with van der Waals surface area (Å²) in [6, 6.07) is 0. The SMILES string of the molecule is CCN1CCC(=O)C2(CNCC2C)C1. The number of hydrogen-bond donors (Lipinski definition) is 1. The summed E-state index contributed by atoms with van der Waals surface area (Å²) in [5.41, 5.74) is -0.0612. The quantitative estimate of drug-likeness (QED) is 0.663. The molecule has 2 atom stereocenters. The van der Waals surface area contributed by atoms with Crippen LogP contribution in [0.4, 0.5) is 0 Å². The van der Waals surface area contributed by atoms with Gasteiger partial charge in [-0.3, -0.25) is 4.79 Å². The molecule has 2 unspecified atom stereocenters. The number of carbonyl (C=O) groups excluding carboxylic acids is 1. The Morgan fingerprint density at radius 1 is 1.64 bits per heavy atom. The highest BCUT2D eigenvalue weighted by molar-refractivity contribution is 5.87. The Morgan fingerprint density at radius 2 is 2.43 bits per heavy atom. The van der Waals surface area contributed by atoms with E-state index in [1.807, 2.05) is 0 Å². The first-order valence-corrected chi connectivity index (χ1v) is 5.65. The Morgan fingerprint density at radius 3 is 3.00 bits per heavy atom. The fourth-order valence-electron chi connectivity index (χ4n) is 2.81. The van der Waals surface area contributed by atoms with Crippen LogP contribution in [0.2, 0.25) is 0 Å². The number of hydrogen-bond acceptors (Lipinski definition) is 3. The summed E-state index contributed by atoms with van der Waals surface area (Å²) in [5.74, 6) is 0.990. The Labute approximate surface area is 85.8 Å². The van der Waals surface area contributed by atoms with E-state index < -0.39 is 0 Å². The van der Waals surface area contributed by atoms with Gasteiger partial charge in [0.1, 0.15) is 5.78 Å². The minimum Gasteiger partial charge on any atom is -0.315 e. The Kier molecular flexibility index (Phi) is 2.62. The van der Waals surface area contributed by atoms with Crippen molar-refractivity contribution in [1.29, 1.82) is 0 Å². The molecule has 0 aromatic rings. The zero-order valence-electron chi connectivity index (χ0n) is 9.18. The van der Waals surface area contributed by atoms with E-state index in [1.165, 1.54) is 0 Å². The van der Waals surface area contributed by atoms with Crippen molar-refractivity contribution in [3.8, 4) is 0 Å². The van der Waals surface area contributed by atoms with Crippen LogP contribution in [0.1, 0.15) is 20.3 Å². The van der Waals surface area contributed by atoms with Gasteiger partial charge >= 0.3 is 0 Å². The standard InChI is InChI=1S/C11H20N2O/c1-3-13-5-4-10(14)11(8-13)7-12-6-9(11)2/h9,12H,3-8H2,1-2H3. The minimum atomic E-state index is -0.0612. The van der Waals surface area contributed by atoms with Gasteiger partial charge in [-0.2, -0.15) is 0 Å². The normalized spacial score (nSPS) is 39.6. The molecule has 0 aliphatic carbocycles. The molecular weight excluding hydrogens is 176 g/mol. The summed E-state index contributed by atoms with van der Waals surface area (Å²) < 4.78 is 0. The fraction of sp³-hybridized carbons (Fsp3) is 0.909. The van der Waals surface area contributed by atoms with Crippen LogP contribution in [0.3, 0.4) is 0 Å². The third-order valence-electron chi connectivity index (χ3n) is 4.00. The van der Waals surface area contributed by atoms with E-state index in [4.69, 9.17) is 0 Å². The largest absolute Gasteiger partial charge is 0.315 e. The van der Waals surface area contributed by atoms with Crippen LogP contribution < -0.4 is 5.32 Å². The molecular formula is C11H20N2O. The monoisotopic (exact) mass is 196 g/mol. The van der Waals surface area contributed by atoms with E-state index in [-0.39, 0.29) is 5.41 Å². The third-order valence-corrected chi connectivity index (χ3v) is 4.00. The van der Waals surface area contributed by atoms with Crippen molar-refractivity contribution in [2.24, 2.45) is 11.3 Å². The summed E-state index contributed by atoms with van der Waals surface area (Å²) in [7, 11) is 0. The number of piperidine rings is 1. The predicted molar refractivity (Wildman–Crippen MR) is 56.2 cm³/mol. The van der Waals surface area contributed by atoms with Crippen LogP contribution in [0.5, 0.6) is 0 Å². The highest BCUT2D eigenvalue weighted by atomic mass is 16.1. The molecule has 2 heterocycles. The van der Waals surface area contributed by atoms with Crippen LogP contribution in [0.25, 0.3) is 0 Å². The highest BCUT2D eigenvalue weighted by Gasteiger charge is 2.48. The van der Waals surface area contributed by atoms with Gasteiger partial charge in [-0.25, -0.2) is 0 Å². The number of ketones is 1. The van der Waals surface area contributed by atoms with E-state index in [1.54, 1.807) is 0 Å². The molecule has 0 amide bonds. The van der Waals surface area contributed by atoms with Gasteiger partial charge in [0.2, 0.25) is 0 Å². The number of carbonyl (C=O) groups is 1. The molecule has 0 aromatic heterocycles. The second-order valence-corrected chi connectivity index (χ2v) is 4.73. The second-order valence-electron chi connectivity index (χ2n) is 4.73. The molecule has 0 radical (unpaired) electrons. The summed E-state index contributed by atoms with van der Waals surface area (Å²) in [4.78, 5) is 14.4. The van der Waals surface area contributed by atoms with Crippen molar-refractivity contribution in [2.45, 2.75) is 20.3 Å². The maximum atomic E-state index is 12.0. The van der Waals surface area contributed by atoms with Crippen molar-refractivity contribution in [1.82, 2.24) is 10.2 Å². The zero-order valence-corrected chi connectivity index (χ0v) is 9.18. The summed E-state index contributed by atoms with van der Waals surface area (Å²) in [6.45, 7) is 9.28. The lowest BCUT2D eigenvalue weighted by atomic mass is 9.72. The van der Waals surface area contributed by atoms with E-state index >= 15 is 0 Å². The van der Waals surface area contributed by atoms with Gasteiger partial charge < -0.3 is 10.2 Å². The summed E-state index contributed by atoms with van der Waals surface area (Å²) >= 11 is 0. The molecule has 2 aliphatic rings. The van der Waals surface area contributed by atoms with Gasteiger partial charge in [-0.05, 0) is 19.0 Å². The average Bonchev–Trinajstić information content (AvgIpc) is 2.54. The van der Waals surface area contributed by atoms with Gasteiger partial charge in [0.05, 0.1) is 5.41 Å². The maximum absolute atomic E-state index is 12.0. The smallest absolute Gasteiger partial charge is 0.143 e. The first-order valence-electron chi connectivity index (χ1n) is 5.65. The molecule has 14 heavy (non-hydrogen) atoms. The second kappa shape index (κ2) is 3.63. The molecule has 2 aliphatic heterocycles. The molecule has 1 N–H and O–H groups in total. The molecule has 3 heteroatoms. The third kappa shape index (κ3) is 1.39. The molecule has 0 aromatic carbocycles. The van der Waals surface area contributed by atoms with E-state index in [2.05, 4.69) is 24.1 Å². The molecule has 2 fully saturated rings. The Bertz CT molecular complexity index is 241. The molecule has 1 spiro atoms. The van der Waals surface area contributed by atoms with E-state index in [0.717, 1.165) is 39.1 Å². The fourth-order valence-corrected chi connectivity index (χ4v) is 2.81. The average molecular weight is 196 g/mol. The van der Waals surface area contributed by atoms with E-state index in [0.29, 0.717) is 11.7 Å². The van der Waals surface area contributed by atoms with Gasteiger partial charge in [0, 0.05) is 26.1 Å². The summed E-state index contributed by atoms with van der Waals surface area (Å²) in [6.07, 6.45) is 0.750. The lowest BCUT2D eigenvalue weighted by Crippen LogP contribution is -2.53. The van der Waals surface area contributed by atoms with Crippen molar-refractivity contribution < 1.29 is 4.79 Å². The van der Waals surface area contributed by atoms with Crippen LogP contribution in [0, 0.1) is 11.3 Å². The molecule has 2 rings (SSSR count). The predicted octanol–water partition coefficient (Wildman–Crippen LogP) is 0.507. The minimum absolute atomic E-state index is 0.0612. The van der Waals surface area contributed by atoms with Crippen LogP contribution in [0.15, 0.2) is 0 Å². The van der Waals surface area contributed by atoms with Crippen LogP contribution in [-0.4, -0.2) is 43.4 Å². The first kappa shape index (κ1) is 10.1. The molecule has 0 saturated carbocycles. The van der Waals surface area contributed by atoms with E-state index in [9.17, 15) is 4.79 Å². The van der Waals surface area contributed by atoms with Crippen molar-refractivity contribution in [3.05, 3.63) is 0 Å². The lowest BCUT2D eigenvalue weighted by molar-refractivity contribution is -0.134. The number of rotatable bonds is 1. The highest BCUT2D eigenvalue weighted by Crippen LogP contribution is 2.36. The zero-order chi connectivity index (χ0) is 10.2. The van der Waals surface area contributed by atoms with Crippen molar-refractivity contribution in [3.63, 3.8) is 0 Å². The first-order chi connectivity index (χ1) is 6.69. The Hall–Kier alpha value is -0.410. The molecule has 3 nitrogen and oxygen atoms in total. The maximum Gasteiger partial charge on any atom is 0.143 e. The van der Waals surface area contributed by atoms with Gasteiger partial charge in [-0.1, -0.05) is 13.8 Å².